The minimum atomic E-state index is -3.85. The third kappa shape index (κ3) is 6.04. The molecule has 5 rings (SSSR count). The molecule has 4 aromatic rings. The first-order valence-corrected chi connectivity index (χ1v) is 14.8. The van der Waals surface area contributed by atoms with E-state index in [-0.39, 0.29) is 10.8 Å². The largest absolute Gasteiger partial charge is 0.497 e. The van der Waals surface area contributed by atoms with Gasteiger partial charge in [-0.15, -0.1) is 0 Å². The first-order chi connectivity index (χ1) is 19.1. The van der Waals surface area contributed by atoms with Crippen molar-refractivity contribution in [3.05, 3.63) is 83.3 Å². The van der Waals surface area contributed by atoms with Gasteiger partial charge in [0.15, 0.2) is 0 Å². The molecule has 0 saturated carbocycles. The van der Waals surface area contributed by atoms with Crippen LogP contribution < -0.4 is 9.46 Å². The Labute approximate surface area is 236 Å². The molecule has 0 aliphatic carbocycles. The predicted octanol–water partition coefficient (Wildman–Crippen LogP) is 4.42. The molecule has 0 bridgehead atoms. The van der Waals surface area contributed by atoms with Gasteiger partial charge in [0.2, 0.25) is 5.95 Å². The van der Waals surface area contributed by atoms with Crippen LogP contribution >= 0.6 is 0 Å². The Hall–Kier alpha value is -3.73. The lowest BCUT2D eigenvalue weighted by molar-refractivity contribution is 0.148. The molecule has 0 radical (unpaired) electrons. The number of hydrogen-bond donors (Lipinski definition) is 1. The molecular weight excluding hydrogens is 524 g/mol. The fourth-order valence-electron chi connectivity index (χ4n) is 5.10. The number of benzene rings is 2. The summed E-state index contributed by atoms with van der Waals surface area (Å²) in [5.41, 5.74) is 6.75. The Morgan fingerprint density at radius 1 is 0.875 bits per heavy atom. The van der Waals surface area contributed by atoms with Crippen LogP contribution in [0.25, 0.3) is 16.9 Å². The van der Waals surface area contributed by atoms with Gasteiger partial charge in [0, 0.05) is 55.5 Å². The minimum Gasteiger partial charge on any atom is -0.497 e. The fourth-order valence-corrected chi connectivity index (χ4v) is 6.04. The van der Waals surface area contributed by atoms with Gasteiger partial charge in [-0.05, 0) is 99.6 Å². The van der Waals surface area contributed by atoms with Crippen LogP contribution in [0.1, 0.15) is 22.6 Å². The molecule has 9 nitrogen and oxygen atoms in total. The van der Waals surface area contributed by atoms with Gasteiger partial charge in [0.05, 0.1) is 17.7 Å². The number of likely N-dealkylation sites (N-methyl/N-ethyl adjacent to an activating group) is 1. The molecule has 10 heteroatoms. The van der Waals surface area contributed by atoms with Crippen LogP contribution in [-0.2, 0) is 16.6 Å². The van der Waals surface area contributed by atoms with Crippen LogP contribution in [0, 0.1) is 20.8 Å². The number of methoxy groups -OCH3 is 1. The summed E-state index contributed by atoms with van der Waals surface area (Å²) in [6.07, 6.45) is 0. The molecule has 0 unspecified atom stereocenters. The molecule has 1 fully saturated rings. The van der Waals surface area contributed by atoms with Gasteiger partial charge in [0.25, 0.3) is 10.0 Å². The van der Waals surface area contributed by atoms with Crippen molar-refractivity contribution in [1.29, 1.82) is 0 Å². The molecule has 40 heavy (non-hydrogen) atoms. The van der Waals surface area contributed by atoms with E-state index in [1.165, 1.54) is 5.56 Å². The lowest BCUT2D eigenvalue weighted by Gasteiger charge is -2.32. The van der Waals surface area contributed by atoms with Crippen LogP contribution in [-0.4, -0.2) is 73.1 Å². The zero-order chi connectivity index (χ0) is 28.4. The van der Waals surface area contributed by atoms with Crippen molar-refractivity contribution in [2.75, 3.05) is 45.1 Å². The Morgan fingerprint density at radius 3 is 2.10 bits per heavy atom. The predicted molar refractivity (Wildman–Crippen MR) is 158 cm³/mol. The number of anilines is 1. The minimum absolute atomic E-state index is 0.0678. The number of nitrogens with zero attached hydrogens (tertiary/aromatic N) is 5. The average Bonchev–Trinajstić information content (AvgIpc) is 3.24. The van der Waals surface area contributed by atoms with Gasteiger partial charge in [-0.2, -0.15) is 0 Å². The maximum atomic E-state index is 13.1. The van der Waals surface area contributed by atoms with Crippen molar-refractivity contribution in [2.45, 2.75) is 32.2 Å². The Kier molecular flexibility index (Phi) is 7.93. The van der Waals surface area contributed by atoms with E-state index in [1.54, 1.807) is 39.2 Å². The van der Waals surface area contributed by atoms with E-state index in [0.717, 1.165) is 61.1 Å². The number of aryl methyl sites for hydroxylation is 2. The number of sulfonamides is 1. The Balaban J connectivity index is 1.49. The van der Waals surface area contributed by atoms with Crippen LogP contribution in [0.2, 0.25) is 0 Å². The second-order valence-corrected chi connectivity index (χ2v) is 12.0. The number of hydrogen-bond acceptors (Lipinski definition) is 7. The molecule has 2 aromatic heterocycles. The summed E-state index contributed by atoms with van der Waals surface area (Å²) in [6.45, 7) is 10.8. The van der Waals surface area contributed by atoms with Crippen molar-refractivity contribution < 1.29 is 13.2 Å². The molecule has 0 spiro atoms. The van der Waals surface area contributed by atoms with Gasteiger partial charge < -0.3 is 14.2 Å². The quantitative estimate of drug-likeness (QED) is 0.341. The number of ether oxygens (including phenoxy) is 1. The Bertz CT molecular complexity index is 1570. The van der Waals surface area contributed by atoms with Crippen molar-refractivity contribution in [1.82, 2.24) is 24.3 Å². The first-order valence-electron chi connectivity index (χ1n) is 13.3. The molecule has 2 aromatic carbocycles. The monoisotopic (exact) mass is 560 g/mol. The van der Waals surface area contributed by atoms with Gasteiger partial charge >= 0.3 is 0 Å². The summed E-state index contributed by atoms with van der Waals surface area (Å²) in [5, 5.41) is 0. The first kappa shape index (κ1) is 27.8. The average molecular weight is 561 g/mol. The van der Waals surface area contributed by atoms with E-state index in [9.17, 15) is 8.42 Å². The van der Waals surface area contributed by atoms with Crippen molar-refractivity contribution in [3.8, 4) is 22.7 Å². The lowest BCUT2D eigenvalue weighted by Crippen LogP contribution is -2.43. The maximum absolute atomic E-state index is 13.1. The van der Waals surface area contributed by atoms with Gasteiger partial charge in [-0.1, -0.05) is 0 Å². The number of nitrogens with one attached hydrogen (secondary N) is 1. The SMILES string of the molecule is COc1ccc(-c2cc(CN3CCN(C)CC3)c(C)n2-c2ccc(S(=O)(=O)Nc3nc(C)cc(C)n3)cc2)cc1. The van der Waals surface area contributed by atoms with Gasteiger partial charge in [0.1, 0.15) is 5.75 Å². The highest BCUT2D eigenvalue weighted by atomic mass is 32.2. The zero-order valence-corrected chi connectivity index (χ0v) is 24.5. The normalized spacial score (nSPS) is 14.8. The van der Waals surface area contributed by atoms with Crippen molar-refractivity contribution >= 4 is 16.0 Å². The molecule has 1 aliphatic heterocycles. The van der Waals surface area contributed by atoms with E-state index in [4.69, 9.17) is 4.74 Å². The highest BCUT2D eigenvalue weighted by Crippen LogP contribution is 2.32. The highest BCUT2D eigenvalue weighted by Gasteiger charge is 2.21. The number of aromatic nitrogens is 3. The topological polar surface area (TPSA) is 92.6 Å². The van der Waals surface area contributed by atoms with Crippen LogP contribution in [0.5, 0.6) is 5.75 Å². The summed E-state index contributed by atoms with van der Waals surface area (Å²) in [7, 11) is -0.0319. The second kappa shape index (κ2) is 11.4. The van der Waals surface area contributed by atoms with E-state index in [2.05, 4.69) is 61.2 Å². The molecule has 210 valence electrons. The smallest absolute Gasteiger partial charge is 0.264 e. The molecule has 1 aliphatic rings. The summed E-state index contributed by atoms with van der Waals surface area (Å²) in [4.78, 5) is 13.4. The maximum Gasteiger partial charge on any atom is 0.264 e. The summed E-state index contributed by atoms with van der Waals surface area (Å²) < 4.78 is 36.3. The van der Waals surface area contributed by atoms with E-state index in [0.29, 0.717) is 11.4 Å². The third-order valence-corrected chi connectivity index (χ3v) is 8.68. The van der Waals surface area contributed by atoms with Crippen LogP contribution in [0.4, 0.5) is 5.95 Å². The molecular formula is C30H36N6O3S. The molecule has 0 amide bonds. The standard InChI is InChI=1S/C30H36N6O3S/c1-21-18-22(2)32-30(31-21)33-40(37,38)28-12-8-26(9-13-28)36-23(3)25(20-35-16-14-34(4)15-17-35)19-29(36)24-6-10-27(39-5)11-7-24/h6-13,18-19H,14-17,20H2,1-5H3,(H,31,32,33). The molecule has 3 heterocycles. The second-order valence-electron chi connectivity index (χ2n) is 10.4. The van der Waals surface area contributed by atoms with Crippen molar-refractivity contribution in [3.63, 3.8) is 0 Å². The zero-order valence-electron chi connectivity index (χ0n) is 23.7. The summed E-state index contributed by atoms with van der Waals surface area (Å²) >= 11 is 0. The number of rotatable bonds is 8. The molecule has 1 N–H and O–H groups in total. The highest BCUT2D eigenvalue weighted by molar-refractivity contribution is 7.92. The summed E-state index contributed by atoms with van der Waals surface area (Å²) in [6, 6.07) is 19.0. The lowest BCUT2D eigenvalue weighted by atomic mass is 10.1. The van der Waals surface area contributed by atoms with E-state index in [1.807, 2.05) is 24.3 Å². The van der Waals surface area contributed by atoms with Crippen LogP contribution in [0.3, 0.4) is 0 Å². The van der Waals surface area contributed by atoms with E-state index >= 15 is 0 Å². The van der Waals surface area contributed by atoms with Gasteiger partial charge in [-0.25, -0.2) is 23.1 Å². The molecule has 1 saturated heterocycles. The Morgan fingerprint density at radius 2 is 1.50 bits per heavy atom. The van der Waals surface area contributed by atoms with E-state index < -0.39 is 10.0 Å². The van der Waals surface area contributed by atoms with Gasteiger partial charge in [-0.3, -0.25) is 4.90 Å². The van der Waals surface area contributed by atoms with Crippen molar-refractivity contribution in [2.24, 2.45) is 0 Å². The van der Waals surface area contributed by atoms with Crippen LogP contribution in [0.15, 0.2) is 65.6 Å². The fraction of sp³-hybridized carbons (Fsp3) is 0.333. The number of piperazine rings is 1. The molecule has 0 atom stereocenters. The third-order valence-electron chi connectivity index (χ3n) is 7.34. The summed E-state index contributed by atoms with van der Waals surface area (Å²) in [5.74, 6) is 0.865.